The van der Waals surface area contributed by atoms with E-state index in [9.17, 15) is 44.6 Å². The van der Waals surface area contributed by atoms with Crippen LogP contribution in [0, 0.1) is 0 Å². The summed E-state index contributed by atoms with van der Waals surface area (Å²) in [7, 11) is 0. The Hall–Kier alpha value is -1.45. The molecule has 1 nitrogen and oxygen atoms in total. The standard InChI is InChI=1S/C15H15F9O/c1-8(2)9-3-5-10(6-4-9)11(25)7-12(16,17)13(18,19)14(20,21)15(22,23)24/h3-6,8,11,25H,7H2,1-2H3. The van der Waals surface area contributed by atoms with Crippen LogP contribution in [0.25, 0.3) is 0 Å². The molecular formula is C15H15F9O. The van der Waals surface area contributed by atoms with Gasteiger partial charge in [0.1, 0.15) is 0 Å². The first-order chi connectivity index (χ1) is 11.0. The Labute approximate surface area is 137 Å². The zero-order valence-electron chi connectivity index (χ0n) is 13.0. The number of benzene rings is 1. The first-order valence-electron chi connectivity index (χ1n) is 7.02. The molecule has 10 heteroatoms. The molecule has 1 atom stereocenters. The fraction of sp³-hybridized carbons (Fsp3) is 0.600. The normalized spacial score (nSPS) is 15.6. The smallest absolute Gasteiger partial charge is 0.388 e. The molecule has 1 unspecified atom stereocenters. The molecule has 1 N–H and O–H groups in total. The minimum Gasteiger partial charge on any atom is -0.388 e. The van der Waals surface area contributed by atoms with Crippen LogP contribution in [0.2, 0.25) is 0 Å². The van der Waals surface area contributed by atoms with Gasteiger partial charge in [0.15, 0.2) is 0 Å². The fourth-order valence-electron chi connectivity index (χ4n) is 2.00. The monoisotopic (exact) mass is 382 g/mol. The topological polar surface area (TPSA) is 20.2 Å². The lowest BCUT2D eigenvalue weighted by Crippen LogP contribution is -2.61. The maximum atomic E-state index is 13.5. The lowest BCUT2D eigenvalue weighted by molar-refractivity contribution is -0.398. The molecule has 0 heterocycles. The first kappa shape index (κ1) is 21.6. The SMILES string of the molecule is CC(C)c1ccc(C(O)CC(F)(F)C(F)(F)C(F)(F)C(F)(F)F)cc1. The summed E-state index contributed by atoms with van der Waals surface area (Å²) in [5.74, 6) is -19.5. The Morgan fingerprint density at radius 3 is 1.52 bits per heavy atom. The molecule has 0 aliphatic rings. The summed E-state index contributed by atoms with van der Waals surface area (Å²) < 4.78 is 115. The Bertz CT molecular complexity index is 576. The Morgan fingerprint density at radius 1 is 0.760 bits per heavy atom. The molecule has 0 spiro atoms. The zero-order valence-corrected chi connectivity index (χ0v) is 13.0. The van der Waals surface area contributed by atoms with Gasteiger partial charge in [-0.3, -0.25) is 0 Å². The first-order valence-corrected chi connectivity index (χ1v) is 7.02. The van der Waals surface area contributed by atoms with Crippen molar-refractivity contribution in [2.24, 2.45) is 0 Å². The molecule has 0 aliphatic carbocycles. The van der Waals surface area contributed by atoms with Gasteiger partial charge >= 0.3 is 23.9 Å². The summed E-state index contributed by atoms with van der Waals surface area (Å²) in [5.41, 5.74) is 0.409. The predicted octanol–water partition coefficient (Wildman–Crippen LogP) is 5.70. The number of rotatable bonds is 6. The molecule has 0 amide bonds. The highest BCUT2D eigenvalue weighted by Gasteiger charge is 2.81. The van der Waals surface area contributed by atoms with Gasteiger partial charge in [0.05, 0.1) is 6.10 Å². The van der Waals surface area contributed by atoms with E-state index in [1.54, 1.807) is 13.8 Å². The van der Waals surface area contributed by atoms with E-state index in [2.05, 4.69) is 0 Å². The maximum Gasteiger partial charge on any atom is 0.460 e. The third kappa shape index (κ3) is 4.04. The van der Waals surface area contributed by atoms with Crippen molar-refractivity contribution in [1.29, 1.82) is 0 Å². The summed E-state index contributed by atoms with van der Waals surface area (Å²) >= 11 is 0. The molecule has 25 heavy (non-hydrogen) atoms. The zero-order chi connectivity index (χ0) is 19.8. The van der Waals surface area contributed by atoms with E-state index in [1.165, 1.54) is 12.1 Å². The van der Waals surface area contributed by atoms with Gasteiger partial charge in [-0.1, -0.05) is 38.1 Å². The van der Waals surface area contributed by atoms with E-state index in [0.29, 0.717) is 0 Å². The number of halogens is 9. The highest BCUT2D eigenvalue weighted by molar-refractivity contribution is 5.26. The van der Waals surface area contributed by atoms with Crippen molar-refractivity contribution in [2.75, 3.05) is 0 Å². The third-order valence-electron chi connectivity index (χ3n) is 3.65. The molecule has 1 rings (SSSR count). The average molecular weight is 382 g/mol. The largest absolute Gasteiger partial charge is 0.460 e. The summed E-state index contributed by atoms with van der Waals surface area (Å²) in [5, 5.41) is 9.58. The second-order valence-electron chi connectivity index (χ2n) is 5.89. The van der Waals surface area contributed by atoms with Gasteiger partial charge in [-0.05, 0) is 17.0 Å². The van der Waals surface area contributed by atoms with Gasteiger partial charge in [-0.25, -0.2) is 0 Å². The Kier molecular flexibility index (Phi) is 5.78. The van der Waals surface area contributed by atoms with Crippen molar-refractivity contribution >= 4 is 0 Å². The maximum absolute atomic E-state index is 13.5. The van der Waals surface area contributed by atoms with Crippen LogP contribution in [-0.2, 0) is 0 Å². The van der Waals surface area contributed by atoms with E-state index >= 15 is 0 Å². The van der Waals surface area contributed by atoms with Crippen LogP contribution in [0.1, 0.15) is 43.4 Å². The minimum absolute atomic E-state index is 0.0300. The highest BCUT2D eigenvalue weighted by Crippen LogP contribution is 2.55. The van der Waals surface area contributed by atoms with Crippen molar-refractivity contribution in [1.82, 2.24) is 0 Å². The third-order valence-corrected chi connectivity index (χ3v) is 3.65. The molecule has 144 valence electrons. The Balaban J connectivity index is 3.06. The van der Waals surface area contributed by atoms with Crippen LogP contribution in [0.5, 0.6) is 0 Å². The lowest BCUT2D eigenvalue weighted by Gasteiger charge is -2.34. The summed E-state index contributed by atoms with van der Waals surface area (Å²) in [4.78, 5) is 0. The van der Waals surface area contributed by atoms with Crippen molar-refractivity contribution in [2.45, 2.75) is 56.2 Å². The number of aliphatic hydroxyl groups excluding tert-OH is 1. The molecule has 1 aromatic carbocycles. The Morgan fingerprint density at radius 2 is 1.16 bits per heavy atom. The minimum atomic E-state index is -6.95. The molecule has 0 saturated heterocycles. The van der Waals surface area contributed by atoms with Crippen LogP contribution in [0.4, 0.5) is 39.5 Å². The van der Waals surface area contributed by atoms with Gasteiger partial charge in [0.2, 0.25) is 0 Å². The second-order valence-corrected chi connectivity index (χ2v) is 5.89. The summed E-state index contributed by atoms with van der Waals surface area (Å²) in [6, 6.07) is 5.00. The van der Waals surface area contributed by atoms with Crippen LogP contribution in [0.3, 0.4) is 0 Å². The van der Waals surface area contributed by atoms with Crippen LogP contribution >= 0.6 is 0 Å². The van der Waals surface area contributed by atoms with Crippen LogP contribution in [0.15, 0.2) is 24.3 Å². The van der Waals surface area contributed by atoms with Crippen LogP contribution < -0.4 is 0 Å². The van der Waals surface area contributed by atoms with Gasteiger partial charge < -0.3 is 5.11 Å². The molecule has 0 aliphatic heterocycles. The van der Waals surface area contributed by atoms with Crippen molar-refractivity contribution in [3.63, 3.8) is 0 Å². The van der Waals surface area contributed by atoms with E-state index in [1.807, 2.05) is 0 Å². The van der Waals surface area contributed by atoms with Gasteiger partial charge in [-0.2, -0.15) is 39.5 Å². The summed E-state index contributed by atoms with van der Waals surface area (Å²) in [6.07, 6.45) is -11.5. The van der Waals surface area contributed by atoms with Gasteiger partial charge in [0.25, 0.3) is 0 Å². The molecule has 0 bridgehead atoms. The number of hydrogen-bond acceptors (Lipinski definition) is 1. The quantitative estimate of drug-likeness (QED) is 0.626. The average Bonchev–Trinajstić information content (AvgIpc) is 2.45. The number of alkyl halides is 9. The van der Waals surface area contributed by atoms with Crippen molar-refractivity contribution < 1.29 is 44.6 Å². The second kappa shape index (κ2) is 6.69. The summed E-state index contributed by atoms with van der Waals surface area (Å²) in [6.45, 7) is 3.58. The molecule has 0 fully saturated rings. The van der Waals surface area contributed by atoms with Crippen LogP contribution in [-0.4, -0.2) is 29.1 Å². The lowest BCUT2D eigenvalue weighted by atomic mass is 9.94. The van der Waals surface area contributed by atoms with E-state index < -0.39 is 36.5 Å². The van der Waals surface area contributed by atoms with Gasteiger partial charge in [-0.15, -0.1) is 0 Å². The molecule has 0 aromatic heterocycles. The van der Waals surface area contributed by atoms with Gasteiger partial charge in [0, 0.05) is 6.42 Å². The van der Waals surface area contributed by atoms with E-state index in [-0.39, 0.29) is 11.5 Å². The van der Waals surface area contributed by atoms with Crippen molar-refractivity contribution in [3.05, 3.63) is 35.4 Å². The van der Waals surface area contributed by atoms with E-state index in [4.69, 9.17) is 0 Å². The van der Waals surface area contributed by atoms with E-state index in [0.717, 1.165) is 17.7 Å². The predicted molar refractivity (Wildman–Crippen MR) is 71.0 cm³/mol. The fourth-order valence-corrected chi connectivity index (χ4v) is 2.00. The highest BCUT2D eigenvalue weighted by atomic mass is 19.4. The van der Waals surface area contributed by atoms with Crippen molar-refractivity contribution in [3.8, 4) is 0 Å². The molecule has 1 aromatic rings. The molecular weight excluding hydrogens is 367 g/mol. The number of aliphatic hydroxyl groups is 1. The molecule has 0 radical (unpaired) electrons. The molecule has 0 saturated carbocycles. The number of hydrogen-bond donors (Lipinski definition) is 1.